The second-order valence-corrected chi connectivity index (χ2v) is 7.20. The summed E-state index contributed by atoms with van der Waals surface area (Å²) in [6.07, 6.45) is 5.77. The Morgan fingerprint density at radius 1 is 1.19 bits per heavy atom. The highest BCUT2D eigenvalue weighted by Crippen LogP contribution is 2.59. The third-order valence-electron chi connectivity index (χ3n) is 6.41. The zero-order valence-corrected chi connectivity index (χ0v) is 12.3. The van der Waals surface area contributed by atoms with Gasteiger partial charge in [-0.15, -0.1) is 0 Å². The van der Waals surface area contributed by atoms with Crippen LogP contribution in [0.25, 0.3) is 0 Å². The highest BCUT2D eigenvalue weighted by molar-refractivity contribution is 5.84. The predicted molar refractivity (Wildman–Crippen MR) is 80.6 cm³/mol. The lowest BCUT2D eigenvalue weighted by Gasteiger charge is -2.50. The molecular formula is C18H22N2O. The Balaban J connectivity index is 1.79. The van der Waals surface area contributed by atoms with Gasteiger partial charge in [-0.3, -0.25) is 10.1 Å². The van der Waals surface area contributed by atoms with Gasteiger partial charge in [-0.1, -0.05) is 24.3 Å². The SMILES string of the molecule is O=C1[C@H]2CC[C@@H]3C[C@H]2[C@@]2(NCCCCN12)c1ccccc13. The van der Waals surface area contributed by atoms with Crippen LogP contribution in [0.1, 0.15) is 49.1 Å². The summed E-state index contributed by atoms with van der Waals surface area (Å²) < 4.78 is 0. The van der Waals surface area contributed by atoms with E-state index in [1.807, 2.05) is 0 Å². The van der Waals surface area contributed by atoms with Gasteiger partial charge in [0, 0.05) is 18.4 Å². The molecule has 21 heavy (non-hydrogen) atoms. The summed E-state index contributed by atoms with van der Waals surface area (Å²) in [5, 5.41) is 3.84. The number of fused-ring (bicyclic) bond motifs is 3. The Morgan fingerprint density at radius 2 is 2.10 bits per heavy atom. The molecule has 1 aromatic carbocycles. The minimum Gasteiger partial charge on any atom is -0.320 e. The van der Waals surface area contributed by atoms with E-state index in [0.717, 1.165) is 25.9 Å². The van der Waals surface area contributed by atoms with Crippen LogP contribution in [-0.2, 0) is 10.5 Å². The lowest BCUT2D eigenvalue weighted by atomic mass is 9.61. The average molecular weight is 282 g/mol. The summed E-state index contributed by atoms with van der Waals surface area (Å²) >= 11 is 0. The summed E-state index contributed by atoms with van der Waals surface area (Å²) in [6, 6.07) is 8.90. The van der Waals surface area contributed by atoms with Gasteiger partial charge in [0.25, 0.3) is 0 Å². The van der Waals surface area contributed by atoms with Crippen molar-refractivity contribution in [2.75, 3.05) is 13.1 Å². The topological polar surface area (TPSA) is 32.3 Å². The van der Waals surface area contributed by atoms with E-state index in [1.54, 1.807) is 0 Å². The first-order valence-corrected chi connectivity index (χ1v) is 8.48. The van der Waals surface area contributed by atoms with Gasteiger partial charge in [-0.2, -0.15) is 0 Å². The van der Waals surface area contributed by atoms with E-state index in [9.17, 15) is 4.79 Å². The molecule has 2 saturated heterocycles. The third kappa shape index (κ3) is 1.36. The van der Waals surface area contributed by atoms with Gasteiger partial charge in [-0.05, 0) is 55.7 Å². The van der Waals surface area contributed by atoms with Crippen molar-refractivity contribution in [1.29, 1.82) is 0 Å². The maximum Gasteiger partial charge on any atom is 0.227 e. The van der Waals surface area contributed by atoms with Crippen molar-refractivity contribution in [3.8, 4) is 0 Å². The molecule has 2 aliphatic heterocycles. The fraction of sp³-hybridized carbons (Fsp3) is 0.611. The quantitative estimate of drug-likeness (QED) is 0.793. The van der Waals surface area contributed by atoms with Gasteiger partial charge in [-0.25, -0.2) is 0 Å². The second-order valence-electron chi connectivity index (χ2n) is 7.20. The minimum absolute atomic E-state index is 0.189. The molecule has 3 fully saturated rings. The normalized spacial score (nSPS) is 40.5. The van der Waals surface area contributed by atoms with Crippen molar-refractivity contribution in [3.63, 3.8) is 0 Å². The van der Waals surface area contributed by atoms with Crippen LogP contribution >= 0.6 is 0 Å². The van der Waals surface area contributed by atoms with E-state index in [4.69, 9.17) is 0 Å². The monoisotopic (exact) mass is 282 g/mol. The third-order valence-corrected chi connectivity index (χ3v) is 6.41. The van der Waals surface area contributed by atoms with Crippen molar-refractivity contribution in [2.45, 2.75) is 43.7 Å². The molecule has 5 rings (SSSR count). The Kier molecular flexibility index (Phi) is 2.38. The molecule has 0 radical (unpaired) electrons. The van der Waals surface area contributed by atoms with Crippen molar-refractivity contribution >= 4 is 5.91 Å². The zero-order valence-electron chi connectivity index (χ0n) is 12.3. The predicted octanol–water partition coefficient (Wildman–Crippen LogP) is 2.58. The molecule has 4 atom stereocenters. The Morgan fingerprint density at radius 3 is 3.05 bits per heavy atom. The Bertz CT molecular complexity index is 613. The number of hydrogen-bond donors (Lipinski definition) is 1. The van der Waals surface area contributed by atoms with Crippen molar-refractivity contribution in [2.24, 2.45) is 11.8 Å². The highest BCUT2D eigenvalue weighted by atomic mass is 16.2. The van der Waals surface area contributed by atoms with Gasteiger partial charge in [0.1, 0.15) is 5.66 Å². The number of benzene rings is 1. The molecule has 3 heteroatoms. The van der Waals surface area contributed by atoms with Crippen molar-refractivity contribution in [1.82, 2.24) is 10.2 Å². The first-order valence-electron chi connectivity index (χ1n) is 8.48. The molecule has 0 aromatic heterocycles. The van der Waals surface area contributed by atoms with E-state index in [-0.39, 0.29) is 11.6 Å². The molecule has 2 heterocycles. The maximum absolute atomic E-state index is 13.0. The minimum atomic E-state index is -0.189. The number of nitrogens with zero attached hydrogens (tertiary/aromatic N) is 1. The molecule has 1 aromatic rings. The van der Waals surface area contributed by atoms with E-state index < -0.39 is 0 Å². The van der Waals surface area contributed by atoms with Crippen LogP contribution in [0.5, 0.6) is 0 Å². The smallest absolute Gasteiger partial charge is 0.227 e. The van der Waals surface area contributed by atoms with E-state index in [1.165, 1.54) is 30.4 Å². The number of hydrogen-bond acceptors (Lipinski definition) is 2. The molecular weight excluding hydrogens is 260 g/mol. The Labute approximate surface area is 125 Å². The molecule has 2 aliphatic carbocycles. The molecule has 1 spiro atoms. The summed E-state index contributed by atoms with van der Waals surface area (Å²) in [5.41, 5.74) is 2.72. The van der Waals surface area contributed by atoms with Crippen LogP contribution in [0.15, 0.2) is 24.3 Å². The van der Waals surface area contributed by atoms with E-state index >= 15 is 0 Å². The van der Waals surface area contributed by atoms with Crippen LogP contribution in [0.3, 0.4) is 0 Å². The zero-order chi connectivity index (χ0) is 14.0. The first kappa shape index (κ1) is 12.2. The average Bonchev–Trinajstić information content (AvgIpc) is 2.67. The van der Waals surface area contributed by atoms with Crippen molar-refractivity contribution in [3.05, 3.63) is 35.4 Å². The fourth-order valence-corrected chi connectivity index (χ4v) is 5.61. The number of rotatable bonds is 0. The Hall–Kier alpha value is -1.35. The number of nitrogens with one attached hydrogen (secondary N) is 1. The molecule has 110 valence electrons. The van der Waals surface area contributed by atoms with Crippen molar-refractivity contribution < 1.29 is 4.79 Å². The summed E-state index contributed by atoms with van der Waals surface area (Å²) in [4.78, 5) is 15.2. The van der Waals surface area contributed by atoms with Gasteiger partial charge in [0.2, 0.25) is 5.91 Å². The van der Waals surface area contributed by atoms with Crippen LogP contribution in [0.4, 0.5) is 0 Å². The number of amides is 1. The summed E-state index contributed by atoms with van der Waals surface area (Å²) in [7, 11) is 0. The molecule has 1 amide bonds. The summed E-state index contributed by atoms with van der Waals surface area (Å²) in [6.45, 7) is 1.96. The van der Waals surface area contributed by atoms with Crippen LogP contribution in [-0.4, -0.2) is 23.9 Å². The maximum atomic E-state index is 13.0. The summed E-state index contributed by atoms with van der Waals surface area (Å²) in [5.74, 6) is 1.84. The van der Waals surface area contributed by atoms with Crippen LogP contribution in [0, 0.1) is 11.8 Å². The standard InChI is InChI=1S/C18H22N2O/c21-17-14-8-7-12-11-16(14)18(15-6-2-1-5-13(12)15)19-9-3-4-10-20(17)18/h1-2,5-6,12,14,16,19H,3-4,7-11H2/t12-,14+,16-,18-/m1/s1. The number of carbonyl (C=O) groups is 1. The molecule has 1 N–H and O–H groups in total. The van der Waals surface area contributed by atoms with Gasteiger partial charge < -0.3 is 4.90 Å². The number of carbonyl (C=O) groups excluding carboxylic acids is 1. The molecule has 1 saturated carbocycles. The first-order chi connectivity index (χ1) is 10.3. The van der Waals surface area contributed by atoms with Gasteiger partial charge in [0.15, 0.2) is 0 Å². The van der Waals surface area contributed by atoms with Gasteiger partial charge >= 0.3 is 0 Å². The molecule has 3 nitrogen and oxygen atoms in total. The van der Waals surface area contributed by atoms with Crippen LogP contribution in [0.2, 0.25) is 0 Å². The van der Waals surface area contributed by atoms with E-state index in [2.05, 4.69) is 34.5 Å². The largest absolute Gasteiger partial charge is 0.320 e. The fourth-order valence-electron chi connectivity index (χ4n) is 5.61. The van der Waals surface area contributed by atoms with Gasteiger partial charge in [0.05, 0.1) is 0 Å². The highest BCUT2D eigenvalue weighted by Gasteiger charge is 2.63. The second kappa shape index (κ2) is 4.10. The lowest BCUT2D eigenvalue weighted by Crippen LogP contribution is -2.58. The van der Waals surface area contributed by atoms with Crippen LogP contribution < -0.4 is 5.32 Å². The lowest BCUT2D eigenvalue weighted by molar-refractivity contribution is -0.134. The van der Waals surface area contributed by atoms with E-state index in [0.29, 0.717) is 17.7 Å². The molecule has 0 unspecified atom stereocenters. The molecule has 4 aliphatic rings. The molecule has 2 bridgehead atoms.